The molecular formula is C22H30N4O4. The molecule has 3 N–H and O–H groups in total. The zero-order valence-electron chi connectivity index (χ0n) is 17.6. The first-order valence-electron chi connectivity index (χ1n) is 10.4. The van der Waals surface area contributed by atoms with Crippen LogP contribution in [0.5, 0.6) is 5.75 Å². The van der Waals surface area contributed by atoms with Gasteiger partial charge < -0.3 is 25.2 Å². The Morgan fingerprint density at radius 1 is 1.20 bits per heavy atom. The van der Waals surface area contributed by atoms with Gasteiger partial charge >= 0.3 is 0 Å². The van der Waals surface area contributed by atoms with Gasteiger partial charge in [0.1, 0.15) is 5.75 Å². The first-order valence-corrected chi connectivity index (χ1v) is 10.4. The van der Waals surface area contributed by atoms with Crippen LogP contribution in [-0.2, 0) is 16.0 Å². The first kappa shape index (κ1) is 21.8. The summed E-state index contributed by atoms with van der Waals surface area (Å²) in [5, 5.41) is 13.2. The van der Waals surface area contributed by atoms with Crippen molar-refractivity contribution >= 4 is 11.8 Å². The summed E-state index contributed by atoms with van der Waals surface area (Å²) in [6, 6.07) is 9.64. The molecule has 8 heteroatoms. The number of methoxy groups -OCH3 is 1. The molecule has 2 aromatic rings. The van der Waals surface area contributed by atoms with Crippen molar-refractivity contribution in [1.29, 1.82) is 0 Å². The Morgan fingerprint density at radius 3 is 2.70 bits per heavy atom. The smallest absolute Gasteiger partial charge is 0.220 e. The highest BCUT2D eigenvalue weighted by Gasteiger charge is 2.28. The number of carbonyl (C=O) groups excluding carboxylic acids is 2. The van der Waals surface area contributed by atoms with Crippen LogP contribution >= 0.6 is 0 Å². The lowest BCUT2D eigenvalue weighted by atomic mass is 9.81. The van der Waals surface area contributed by atoms with Crippen LogP contribution in [0.15, 0.2) is 34.9 Å². The predicted octanol–water partition coefficient (Wildman–Crippen LogP) is 1.76. The number of aromatic nitrogens is 1. The van der Waals surface area contributed by atoms with Crippen LogP contribution in [-0.4, -0.2) is 50.3 Å². The molecule has 1 aliphatic heterocycles. The van der Waals surface area contributed by atoms with Crippen LogP contribution in [0.2, 0.25) is 0 Å². The lowest BCUT2D eigenvalue weighted by Gasteiger charge is -2.31. The number of nitrogens with zero attached hydrogens (tertiary/aromatic N) is 1. The molecule has 0 radical (unpaired) electrons. The highest BCUT2D eigenvalue weighted by atomic mass is 16.5. The Morgan fingerprint density at radius 2 is 1.97 bits per heavy atom. The number of amides is 2. The largest absolute Gasteiger partial charge is 0.497 e. The normalized spacial score (nSPS) is 18.6. The van der Waals surface area contributed by atoms with Gasteiger partial charge in [-0.3, -0.25) is 9.59 Å². The minimum Gasteiger partial charge on any atom is -0.497 e. The maximum atomic E-state index is 12.3. The molecule has 0 aliphatic carbocycles. The fourth-order valence-electron chi connectivity index (χ4n) is 3.80. The maximum Gasteiger partial charge on any atom is 0.220 e. The minimum absolute atomic E-state index is 0.0244. The zero-order valence-corrected chi connectivity index (χ0v) is 17.6. The van der Waals surface area contributed by atoms with Crippen molar-refractivity contribution in [3.63, 3.8) is 0 Å². The summed E-state index contributed by atoms with van der Waals surface area (Å²) < 4.78 is 10.7. The fraction of sp³-hybridized carbons (Fsp3) is 0.500. The van der Waals surface area contributed by atoms with E-state index in [1.54, 1.807) is 7.11 Å². The standard InChI is InChI=1S/C22H30N4O4/c1-15(27)24-9-10-25-22(28)12-17-7-8-23-14-18(17)11-19-13-21(30-26-19)16-3-5-20(29-2)6-4-16/h3-6,13,17-18,23H,7-12,14H2,1-2H3,(H,24,27)(H,25,28)/t17-,18-/m0/s1. The van der Waals surface area contributed by atoms with Gasteiger partial charge in [-0.15, -0.1) is 0 Å². The van der Waals surface area contributed by atoms with Crippen LogP contribution in [0.1, 0.15) is 25.5 Å². The summed E-state index contributed by atoms with van der Waals surface area (Å²) in [5.74, 6) is 2.05. The number of piperidine rings is 1. The molecule has 0 unspecified atom stereocenters. The second-order valence-electron chi connectivity index (χ2n) is 7.67. The molecule has 2 atom stereocenters. The third-order valence-electron chi connectivity index (χ3n) is 5.44. The van der Waals surface area contributed by atoms with Crippen LogP contribution in [0.4, 0.5) is 0 Å². The Hall–Kier alpha value is -2.87. The zero-order chi connectivity index (χ0) is 21.3. The van der Waals surface area contributed by atoms with E-state index in [1.807, 2.05) is 30.3 Å². The number of rotatable bonds is 9. The van der Waals surface area contributed by atoms with E-state index in [4.69, 9.17) is 9.26 Å². The minimum atomic E-state index is -0.0933. The average Bonchev–Trinajstić information content (AvgIpc) is 3.21. The van der Waals surface area contributed by atoms with Gasteiger partial charge in [0.2, 0.25) is 11.8 Å². The van der Waals surface area contributed by atoms with Crippen molar-refractivity contribution in [1.82, 2.24) is 21.1 Å². The number of hydrogen-bond donors (Lipinski definition) is 3. The van der Waals surface area contributed by atoms with Gasteiger partial charge in [-0.25, -0.2) is 0 Å². The highest BCUT2D eigenvalue weighted by Crippen LogP contribution is 2.28. The maximum absolute atomic E-state index is 12.3. The van der Waals surface area contributed by atoms with Crippen molar-refractivity contribution in [3.05, 3.63) is 36.0 Å². The van der Waals surface area contributed by atoms with Gasteiger partial charge in [0.05, 0.1) is 12.8 Å². The second-order valence-corrected chi connectivity index (χ2v) is 7.67. The SMILES string of the molecule is COc1ccc(-c2cc(C[C@H]3CNCC[C@H]3CC(=O)NCCNC(C)=O)no2)cc1. The van der Waals surface area contributed by atoms with Gasteiger partial charge in [-0.1, -0.05) is 5.16 Å². The molecule has 1 saturated heterocycles. The van der Waals surface area contributed by atoms with E-state index in [2.05, 4.69) is 21.1 Å². The molecule has 162 valence electrons. The summed E-state index contributed by atoms with van der Waals surface area (Å²) in [5.41, 5.74) is 1.84. The van der Waals surface area contributed by atoms with Crippen molar-refractivity contribution < 1.29 is 18.8 Å². The molecule has 2 heterocycles. The quantitative estimate of drug-likeness (QED) is 0.540. The van der Waals surface area contributed by atoms with Crippen molar-refractivity contribution in [2.45, 2.75) is 26.2 Å². The van der Waals surface area contributed by atoms with Crippen LogP contribution in [0, 0.1) is 11.8 Å². The molecule has 8 nitrogen and oxygen atoms in total. The number of ether oxygens (including phenoxy) is 1. The summed E-state index contributed by atoms with van der Waals surface area (Å²) in [7, 11) is 1.64. The molecule has 30 heavy (non-hydrogen) atoms. The Kier molecular flexibility index (Phi) is 7.84. The molecule has 0 bridgehead atoms. The summed E-state index contributed by atoms with van der Waals surface area (Å²) in [6.07, 6.45) is 2.19. The molecule has 2 amide bonds. The van der Waals surface area contributed by atoms with Crippen molar-refractivity contribution in [2.24, 2.45) is 11.8 Å². The highest BCUT2D eigenvalue weighted by molar-refractivity contribution is 5.76. The third kappa shape index (κ3) is 6.32. The second kappa shape index (κ2) is 10.8. The third-order valence-corrected chi connectivity index (χ3v) is 5.44. The van der Waals surface area contributed by atoms with E-state index >= 15 is 0 Å². The first-order chi connectivity index (χ1) is 14.5. The van der Waals surface area contributed by atoms with E-state index in [0.717, 1.165) is 48.7 Å². The van der Waals surface area contributed by atoms with Gasteiger partial charge in [-0.05, 0) is 62.0 Å². The molecule has 1 aliphatic rings. The van der Waals surface area contributed by atoms with E-state index in [0.29, 0.717) is 25.4 Å². The topological polar surface area (TPSA) is 105 Å². The van der Waals surface area contributed by atoms with E-state index in [1.165, 1.54) is 6.92 Å². The Labute approximate surface area is 176 Å². The number of carbonyl (C=O) groups is 2. The van der Waals surface area contributed by atoms with E-state index < -0.39 is 0 Å². The average molecular weight is 415 g/mol. The van der Waals surface area contributed by atoms with Crippen molar-refractivity contribution in [3.8, 4) is 17.1 Å². The fourth-order valence-corrected chi connectivity index (χ4v) is 3.80. The number of benzene rings is 1. The van der Waals surface area contributed by atoms with Crippen LogP contribution < -0.4 is 20.7 Å². The predicted molar refractivity (Wildman–Crippen MR) is 113 cm³/mol. The van der Waals surface area contributed by atoms with Gasteiger partial charge in [0, 0.05) is 38.1 Å². The monoisotopic (exact) mass is 414 g/mol. The summed E-state index contributed by atoms with van der Waals surface area (Å²) in [6.45, 7) is 4.13. The van der Waals surface area contributed by atoms with E-state index in [-0.39, 0.29) is 17.7 Å². The molecular weight excluding hydrogens is 384 g/mol. The lowest BCUT2D eigenvalue weighted by Crippen LogP contribution is -2.41. The molecule has 1 fully saturated rings. The molecule has 0 spiro atoms. The summed E-state index contributed by atoms with van der Waals surface area (Å²) >= 11 is 0. The van der Waals surface area contributed by atoms with Gasteiger partial charge in [-0.2, -0.15) is 0 Å². The molecule has 1 aromatic heterocycles. The molecule has 3 rings (SSSR count). The van der Waals surface area contributed by atoms with Gasteiger partial charge in [0.25, 0.3) is 0 Å². The van der Waals surface area contributed by atoms with Crippen molar-refractivity contribution in [2.75, 3.05) is 33.3 Å². The Balaban J connectivity index is 1.54. The molecule has 1 aromatic carbocycles. The lowest BCUT2D eigenvalue weighted by molar-refractivity contribution is -0.123. The van der Waals surface area contributed by atoms with Gasteiger partial charge in [0.15, 0.2) is 5.76 Å². The Bertz CT molecular complexity index is 834. The van der Waals surface area contributed by atoms with Crippen LogP contribution in [0.3, 0.4) is 0 Å². The molecule has 0 saturated carbocycles. The number of nitrogens with one attached hydrogen (secondary N) is 3. The summed E-state index contributed by atoms with van der Waals surface area (Å²) in [4.78, 5) is 23.2. The number of hydrogen-bond acceptors (Lipinski definition) is 6. The van der Waals surface area contributed by atoms with Crippen LogP contribution in [0.25, 0.3) is 11.3 Å². The van der Waals surface area contributed by atoms with E-state index in [9.17, 15) is 9.59 Å².